The summed E-state index contributed by atoms with van der Waals surface area (Å²) in [5.41, 5.74) is 2.16. The van der Waals surface area contributed by atoms with Crippen molar-refractivity contribution in [1.82, 2.24) is 9.88 Å². The average Bonchev–Trinajstić information content (AvgIpc) is 3.14. The Balaban J connectivity index is 1.70. The fraction of sp³-hybridized carbons (Fsp3) is 0.150. The maximum Gasteiger partial charge on any atom is 0.243 e. The molecule has 0 aliphatic heterocycles. The Kier molecular flexibility index (Phi) is 5.34. The van der Waals surface area contributed by atoms with Gasteiger partial charge in [0.2, 0.25) is 5.91 Å². The molecule has 122 valence electrons. The minimum atomic E-state index is -0.269. The highest BCUT2D eigenvalue weighted by Crippen LogP contribution is 2.16. The smallest absolute Gasteiger partial charge is 0.243 e. The van der Waals surface area contributed by atoms with Crippen LogP contribution in [0.3, 0.4) is 0 Å². The van der Waals surface area contributed by atoms with Crippen molar-refractivity contribution in [2.24, 2.45) is 0 Å². The molecule has 4 heteroatoms. The standard InChI is InChI=1S/C20H19ClN2O/c21-18-10-8-17(9-11-18)15-22-20(24)19(23-12-4-5-13-23)14-16-6-2-1-3-7-16/h1-13,19H,14-15H2,(H,22,24)/t19-/m1/s1. The highest BCUT2D eigenvalue weighted by atomic mass is 35.5. The van der Waals surface area contributed by atoms with E-state index in [1.807, 2.05) is 83.7 Å². The molecule has 1 atom stereocenters. The van der Waals surface area contributed by atoms with E-state index >= 15 is 0 Å². The normalized spacial score (nSPS) is 11.9. The molecule has 2 aromatic carbocycles. The third-order valence-corrected chi connectivity index (χ3v) is 4.19. The lowest BCUT2D eigenvalue weighted by atomic mass is 10.0. The number of amides is 1. The molecule has 1 aromatic heterocycles. The molecule has 0 fully saturated rings. The highest BCUT2D eigenvalue weighted by Gasteiger charge is 2.19. The van der Waals surface area contributed by atoms with E-state index < -0.39 is 0 Å². The van der Waals surface area contributed by atoms with E-state index in [1.165, 1.54) is 0 Å². The lowest BCUT2D eigenvalue weighted by molar-refractivity contribution is -0.124. The summed E-state index contributed by atoms with van der Waals surface area (Å²) < 4.78 is 1.95. The second kappa shape index (κ2) is 7.84. The topological polar surface area (TPSA) is 34.0 Å². The molecule has 1 N–H and O–H groups in total. The minimum Gasteiger partial charge on any atom is -0.350 e. The van der Waals surface area contributed by atoms with Crippen LogP contribution < -0.4 is 5.32 Å². The quantitative estimate of drug-likeness (QED) is 0.716. The first-order valence-electron chi connectivity index (χ1n) is 7.91. The van der Waals surface area contributed by atoms with Gasteiger partial charge in [-0.05, 0) is 35.4 Å². The summed E-state index contributed by atoms with van der Waals surface area (Å²) in [4.78, 5) is 12.7. The molecule has 3 aromatic rings. The van der Waals surface area contributed by atoms with Gasteiger partial charge in [0.1, 0.15) is 6.04 Å². The fourth-order valence-corrected chi connectivity index (χ4v) is 2.76. The molecule has 0 radical (unpaired) electrons. The lowest BCUT2D eigenvalue weighted by Gasteiger charge is -2.19. The van der Waals surface area contributed by atoms with Crippen LogP contribution in [0, 0.1) is 0 Å². The molecule has 0 unspecified atom stereocenters. The number of rotatable bonds is 6. The number of carbonyl (C=O) groups excluding carboxylic acids is 1. The Hall–Kier alpha value is -2.52. The first kappa shape index (κ1) is 16.3. The second-order valence-corrected chi connectivity index (χ2v) is 6.12. The number of nitrogens with zero attached hydrogens (tertiary/aromatic N) is 1. The molecule has 0 spiro atoms. The van der Waals surface area contributed by atoms with Crippen molar-refractivity contribution < 1.29 is 4.79 Å². The summed E-state index contributed by atoms with van der Waals surface area (Å²) in [6.07, 6.45) is 4.51. The first-order chi connectivity index (χ1) is 11.7. The number of hydrogen-bond donors (Lipinski definition) is 1. The molecule has 0 saturated carbocycles. The Morgan fingerprint density at radius 3 is 2.25 bits per heavy atom. The van der Waals surface area contributed by atoms with Crippen molar-refractivity contribution in [2.75, 3.05) is 0 Å². The van der Waals surface area contributed by atoms with E-state index in [0.29, 0.717) is 18.0 Å². The van der Waals surface area contributed by atoms with E-state index in [4.69, 9.17) is 11.6 Å². The van der Waals surface area contributed by atoms with Gasteiger partial charge >= 0.3 is 0 Å². The predicted molar refractivity (Wildman–Crippen MR) is 96.9 cm³/mol. The predicted octanol–water partition coefficient (Wildman–Crippen LogP) is 4.24. The summed E-state index contributed by atoms with van der Waals surface area (Å²) in [6, 6.07) is 21.2. The summed E-state index contributed by atoms with van der Waals surface area (Å²) in [5.74, 6) is 0.00463. The van der Waals surface area contributed by atoms with Crippen molar-refractivity contribution in [1.29, 1.82) is 0 Å². The second-order valence-electron chi connectivity index (χ2n) is 5.68. The number of nitrogens with one attached hydrogen (secondary N) is 1. The zero-order valence-corrected chi connectivity index (χ0v) is 14.0. The molecule has 24 heavy (non-hydrogen) atoms. The Labute approximate surface area is 146 Å². The van der Waals surface area contributed by atoms with Gasteiger partial charge in [-0.2, -0.15) is 0 Å². The molecular formula is C20H19ClN2O. The minimum absolute atomic E-state index is 0.00463. The van der Waals surface area contributed by atoms with E-state index in [-0.39, 0.29) is 11.9 Å². The SMILES string of the molecule is O=C(NCc1ccc(Cl)cc1)[C@@H](Cc1ccccc1)n1cccc1. The third kappa shape index (κ3) is 4.27. The van der Waals surface area contributed by atoms with Crippen molar-refractivity contribution >= 4 is 17.5 Å². The van der Waals surface area contributed by atoms with Gasteiger partial charge in [-0.3, -0.25) is 4.79 Å². The van der Waals surface area contributed by atoms with Crippen LogP contribution in [-0.4, -0.2) is 10.5 Å². The highest BCUT2D eigenvalue weighted by molar-refractivity contribution is 6.30. The average molecular weight is 339 g/mol. The molecular weight excluding hydrogens is 320 g/mol. The Bertz CT molecular complexity index is 767. The molecule has 1 heterocycles. The van der Waals surface area contributed by atoms with Crippen molar-refractivity contribution in [3.63, 3.8) is 0 Å². The molecule has 3 rings (SSSR count). The van der Waals surface area contributed by atoms with Gasteiger partial charge < -0.3 is 9.88 Å². The van der Waals surface area contributed by atoms with Crippen LogP contribution in [0.25, 0.3) is 0 Å². The van der Waals surface area contributed by atoms with Gasteiger partial charge in [-0.25, -0.2) is 0 Å². The molecule has 0 aliphatic rings. The van der Waals surface area contributed by atoms with Gasteiger partial charge in [0, 0.05) is 30.4 Å². The number of carbonyl (C=O) groups is 1. The van der Waals surface area contributed by atoms with E-state index in [9.17, 15) is 4.79 Å². The first-order valence-corrected chi connectivity index (χ1v) is 8.29. The van der Waals surface area contributed by atoms with E-state index in [0.717, 1.165) is 11.1 Å². The lowest BCUT2D eigenvalue weighted by Crippen LogP contribution is -2.33. The van der Waals surface area contributed by atoms with Crippen LogP contribution in [-0.2, 0) is 17.8 Å². The van der Waals surface area contributed by atoms with E-state index in [2.05, 4.69) is 5.32 Å². The van der Waals surface area contributed by atoms with Gasteiger partial charge in [-0.15, -0.1) is 0 Å². The summed E-state index contributed by atoms with van der Waals surface area (Å²) in [6.45, 7) is 0.489. The molecule has 0 saturated heterocycles. The zero-order chi connectivity index (χ0) is 16.8. The van der Waals surface area contributed by atoms with Crippen molar-refractivity contribution in [3.8, 4) is 0 Å². The Morgan fingerprint density at radius 2 is 1.58 bits per heavy atom. The van der Waals surface area contributed by atoms with Gasteiger partial charge in [0.15, 0.2) is 0 Å². The zero-order valence-electron chi connectivity index (χ0n) is 13.2. The summed E-state index contributed by atoms with van der Waals surface area (Å²) in [5, 5.41) is 3.72. The van der Waals surface area contributed by atoms with Crippen LogP contribution in [0.4, 0.5) is 0 Å². The number of halogens is 1. The van der Waals surface area contributed by atoms with Crippen LogP contribution in [0.1, 0.15) is 17.2 Å². The molecule has 1 amide bonds. The summed E-state index contributed by atoms with van der Waals surface area (Å²) >= 11 is 5.89. The maximum atomic E-state index is 12.7. The van der Waals surface area contributed by atoms with Crippen molar-refractivity contribution in [3.05, 3.63) is 95.3 Å². The number of benzene rings is 2. The Morgan fingerprint density at radius 1 is 0.917 bits per heavy atom. The van der Waals surface area contributed by atoms with Gasteiger partial charge in [0.05, 0.1) is 0 Å². The van der Waals surface area contributed by atoms with Crippen LogP contribution in [0.15, 0.2) is 79.1 Å². The fourth-order valence-electron chi connectivity index (χ4n) is 2.64. The monoisotopic (exact) mass is 338 g/mol. The van der Waals surface area contributed by atoms with Crippen LogP contribution >= 0.6 is 11.6 Å². The molecule has 3 nitrogen and oxygen atoms in total. The number of hydrogen-bond acceptors (Lipinski definition) is 1. The van der Waals surface area contributed by atoms with Gasteiger partial charge in [0.25, 0.3) is 0 Å². The van der Waals surface area contributed by atoms with Crippen molar-refractivity contribution in [2.45, 2.75) is 19.0 Å². The van der Waals surface area contributed by atoms with Crippen LogP contribution in [0.2, 0.25) is 5.02 Å². The molecule has 0 bridgehead atoms. The third-order valence-electron chi connectivity index (χ3n) is 3.94. The summed E-state index contributed by atoms with van der Waals surface area (Å²) in [7, 11) is 0. The molecule has 0 aliphatic carbocycles. The van der Waals surface area contributed by atoms with Crippen LogP contribution in [0.5, 0.6) is 0 Å². The van der Waals surface area contributed by atoms with Gasteiger partial charge in [-0.1, -0.05) is 54.1 Å². The number of aromatic nitrogens is 1. The maximum absolute atomic E-state index is 12.7. The van der Waals surface area contributed by atoms with E-state index in [1.54, 1.807) is 0 Å². The largest absolute Gasteiger partial charge is 0.350 e.